The topological polar surface area (TPSA) is 64.6 Å². The van der Waals surface area contributed by atoms with Crippen molar-refractivity contribution in [2.75, 3.05) is 7.11 Å². The lowest BCUT2D eigenvalue weighted by atomic mass is 9.70. The van der Waals surface area contributed by atoms with Gasteiger partial charge in [0.25, 0.3) is 0 Å². The summed E-state index contributed by atoms with van der Waals surface area (Å²) in [5.41, 5.74) is 3.79. The maximum absolute atomic E-state index is 13.3. The molecule has 0 saturated heterocycles. The van der Waals surface area contributed by atoms with Crippen molar-refractivity contribution in [1.29, 1.82) is 0 Å². The van der Waals surface area contributed by atoms with Gasteiger partial charge in [-0.05, 0) is 56.0 Å². The second-order valence-corrected chi connectivity index (χ2v) is 11.6. The summed E-state index contributed by atoms with van der Waals surface area (Å²) in [5.74, 6) is 0.0367. The molecule has 0 spiro atoms. The first kappa shape index (κ1) is 23.8. The molecule has 0 unspecified atom stereocenters. The van der Waals surface area contributed by atoms with E-state index in [0.29, 0.717) is 24.2 Å². The number of dihydropyridines is 1. The Balaban J connectivity index is 1.72. The third-order valence-electron chi connectivity index (χ3n) is 6.18. The molecule has 2 heterocycles. The fraction of sp³-hybridized carbons (Fsp3) is 0.385. The van der Waals surface area contributed by atoms with Crippen molar-refractivity contribution in [3.63, 3.8) is 0 Å². The molecule has 4 rings (SSSR count). The van der Waals surface area contributed by atoms with Crippen LogP contribution in [-0.2, 0) is 20.9 Å². The third-order valence-corrected chi connectivity index (χ3v) is 7.86. The van der Waals surface area contributed by atoms with E-state index in [-0.39, 0.29) is 11.2 Å². The molecule has 1 aliphatic carbocycles. The fourth-order valence-corrected chi connectivity index (χ4v) is 6.05. The van der Waals surface area contributed by atoms with Crippen LogP contribution in [0.1, 0.15) is 54.8 Å². The summed E-state index contributed by atoms with van der Waals surface area (Å²) in [7, 11) is 1.38. The molecule has 1 aliphatic heterocycles. The number of ketones is 1. The number of ether oxygens (including phenoxy) is 2. The van der Waals surface area contributed by atoms with Crippen LogP contribution in [-0.4, -0.2) is 18.9 Å². The number of Topliss-reactive ketones (excluding diaryl/α,β-unsaturated/α-hetero) is 1. The zero-order valence-electron chi connectivity index (χ0n) is 19.5. The predicted octanol–water partition coefficient (Wildman–Crippen LogP) is 6.18. The zero-order valence-corrected chi connectivity index (χ0v) is 21.9. The van der Waals surface area contributed by atoms with E-state index in [1.807, 2.05) is 38.1 Å². The number of hydrogen-bond donors (Lipinski definition) is 1. The Morgan fingerprint density at radius 1 is 1.21 bits per heavy atom. The molecule has 0 fully saturated rings. The van der Waals surface area contributed by atoms with Gasteiger partial charge in [-0.15, -0.1) is 11.3 Å². The van der Waals surface area contributed by atoms with Crippen molar-refractivity contribution in [1.82, 2.24) is 5.32 Å². The molecule has 0 amide bonds. The smallest absolute Gasteiger partial charge is 0.336 e. The Kier molecular flexibility index (Phi) is 6.56. The van der Waals surface area contributed by atoms with Gasteiger partial charge in [0.05, 0.1) is 18.6 Å². The lowest BCUT2D eigenvalue weighted by Crippen LogP contribution is -2.38. The molecule has 174 valence electrons. The second kappa shape index (κ2) is 9.11. The van der Waals surface area contributed by atoms with Crippen LogP contribution in [0.5, 0.6) is 5.75 Å². The monoisotopic (exact) mass is 529 g/mol. The molecule has 0 radical (unpaired) electrons. The van der Waals surface area contributed by atoms with Crippen molar-refractivity contribution in [3.05, 3.63) is 72.7 Å². The molecule has 2 aliphatic rings. The summed E-state index contributed by atoms with van der Waals surface area (Å²) in [6.07, 6.45) is 1.22. The highest BCUT2D eigenvalue weighted by molar-refractivity contribution is 9.10. The van der Waals surface area contributed by atoms with Crippen LogP contribution in [0.3, 0.4) is 0 Å². The van der Waals surface area contributed by atoms with Gasteiger partial charge in [-0.1, -0.05) is 29.8 Å². The molecule has 1 aromatic heterocycles. The summed E-state index contributed by atoms with van der Waals surface area (Å²) < 4.78 is 12.1. The van der Waals surface area contributed by atoms with Crippen LogP contribution in [0.15, 0.2) is 57.3 Å². The van der Waals surface area contributed by atoms with Crippen LogP contribution in [0.2, 0.25) is 0 Å². The molecule has 33 heavy (non-hydrogen) atoms. The van der Waals surface area contributed by atoms with Gasteiger partial charge in [-0.25, -0.2) is 4.79 Å². The summed E-state index contributed by atoms with van der Waals surface area (Å²) in [4.78, 5) is 28.2. The average molecular weight is 530 g/mol. The Morgan fingerprint density at radius 3 is 2.58 bits per heavy atom. The van der Waals surface area contributed by atoms with Gasteiger partial charge in [0.2, 0.25) is 0 Å². The van der Waals surface area contributed by atoms with Crippen molar-refractivity contribution in [2.24, 2.45) is 5.41 Å². The summed E-state index contributed by atoms with van der Waals surface area (Å²) in [6.45, 7) is 8.55. The maximum Gasteiger partial charge on any atom is 0.336 e. The van der Waals surface area contributed by atoms with Gasteiger partial charge in [0.15, 0.2) is 5.78 Å². The molecular weight excluding hydrogens is 502 g/mol. The molecule has 0 saturated carbocycles. The van der Waals surface area contributed by atoms with Crippen LogP contribution in [0.25, 0.3) is 0 Å². The molecule has 1 aromatic carbocycles. The Labute approximate surface area is 207 Å². The largest absolute Gasteiger partial charge is 0.489 e. The van der Waals surface area contributed by atoms with E-state index < -0.39 is 11.9 Å². The second-order valence-electron chi connectivity index (χ2n) is 9.39. The number of nitrogens with one attached hydrogen (secondary N) is 1. The highest BCUT2D eigenvalue weighted by Gasteiger charge is 2.43. The van der Waals surface area contributed by atoms with Gasteiger partial charge >= 0.3 is 5.97 Å². The Hall–Kier alpha value is -2.38. The van der Waals surface area contributed by atoms with Crippen LogP contribution in [0.4, 0.5) is 0 Å². The third kappa shape index (κ3) is 4.80. The van der Waals surface area contributed by atoms with E-state index in [1.54, 1.807) is 11.3 Å². The minimum absolute atomic E-state index is 0.0892. The minimum Gasteiger partial charge on any atom is -0.489 e. The van der Waals surface area contributed by atoms with Crippen molar-refractivity contribution >= 4 is 39.0 Å². The van der Waals surface area contributed by atoms with Crippen molar-refractivity contribution in [2.45, 2.75) is 53.1 Å². The molecule has 1 atom stereocenters. The molecule has 2 aromatic rings. The number of allylic oxidation sites excluding steroid dienone is 3. The predicted molar refractivity (Wildman–Crippen MR) is 133 cm³/mol. The minimum atomic E-state index is -0.428. The van der Waals surface area contributed by atoms with Gasteiger partial charge in [-0.3, -0.25) is 4.79 Å². The van der Waals surface area contributed by atoms with Crippen LogP contribution >= 0.6 is 27.3 Å². The molecule has 0 bridgehead atoms. The number of halogens is 1. The normalized spacial score (nSPS) is 19.8. The number of carbonyl (C=O) groups is 2. The van der Waals surface area contributed by atoms with Gasteiger partial charge in [0.1, 0.15) is 12.4 Å². The molecule has 5 nitrogen and oxygen atoms in total. The highest BCUT2D eigenvalue weighted by Crippen LogP contribution is 2.48. The first-order valence-electron chi connectivity index (χ1n) is 10.9. The number of methoxy groups -OCH3 is 1. The number of esters is 1. The fourth-order valence-electron chi connectivity index (χ4n) is 4.62. The Morgan fingerprint density at radius 2 is 1.91 bits per heavy atom. The molecular formula is C26H28BrNO4S. The quantitative estimate of drug-likeness (QED) is 0.468. The number of thiophene rings is 1. The van der Waals surface area contributed by atoms with Crippen molar-refractivity contribution in [3.8, 4) is 5.75 Å². The standard InChI is InChI=1S/C26H28BrNO4S/c1-14-22(25(30)31-5)24(23-19(28-14)11-26(3,4)12-20(23)29)21-10-16(15(2)33-21)13-32-18-8-6-17(27)7-9-18/h6-10,24,28H,11-13H2,1-5H3/t24-/m1/s1. The van der Waals surface area contributed by atoms with E-state index in [0.717, 1.165) is 43.4 Å². The van der Waals surface area contributed by atoms with E-state index in [9.17, 15) is 9.59 Å². The van der Waals surface area contributed by atoms with E-state index in [4.69, 9.17) is 9.47 Å². The lowest BCUT2D eigenvalue weighted by molar-refractivity contribution is -0.136. The first-order valence-corrected chi connectivity index (χ1v) is 12.5. The van der Waals surface area contributed by atoms with Crippen LogP contribution in [0, 0.1) is 12.3 Å². The van der Waals surface area contributed by atoms with E-state index in [1.165, 1.54) is 7.11 Å². The highest BCUT2D eigenvalue weighted by atomic mass is 79.9. The number of rotatable bonds is 5. The Bertz CT molecular complexity index is 1170. The zero-order chi connectivity index (χ0) is 23.9. The van der Waals surface area contributed by atoms with Gasteiger partial charge in [-0.2, -0.15) is 0 Å². The molecule has 1 N–H and O–H groups in total. The lowest BCUT2D eigenvalue weighted by Gasteiger charge is -2.39. The number of aryl methyl sites for hydroxylation is 1. The SMILES string of the molecule is COC(=O)C1=C(C)NC2=C(C(=O)CC(C)(C)C2)[C@@H]1c1cc(COc2ccc(Br)cc2)c(C)s1. The van der Waals surface area contributed by atoms with E-state index >= 15 is 0 Å². The number of hydrogen-bond acceptors (Lipinski definition) is 6. The summed E-state index contributed by atoms with van der Waals surface area (Å²) in [5, 5.41) is 3.36. The summed E-state index contributed by atoms with van der Waals surface area (Å²) in [6, 6.07) is 9.79. The molecule has 7 heteroatoms. The first-order chi connectivity index (χ1) is 15.6. The maximum atomic E-state index is 13.3. The van der Waals surface area contributed by atoms with E-state index in [2.05, 4.69) is 41.2 Å². The number of benzene rings is 1. The van der Waals surface area contributed by atoms with Crippen LogP contribution < -0.4 is 10.1 Å². The van der Waals surface area contributed by atoms with Gasteiger partial charge < -0.3 is 14.8 Å². The van der Waals surface area contributed by atoms with Crippen molar-refractivity contribution < 1.29 is 19.1 Å². The number of carbonyl (C=O) groups excluding carboxylic acids is 2. The average Bonchev–Trinajstić information content (AvgIpc) is 3.11. The van der Waals surface area contributed by atoms with Gasteiger partial charge in [0, 0.05) is 43.2 Å². The summed E-state index contributed by atoms with van der Waals surface area (Å²) >= 11 is 5.04.